The molecule has 2 aromatic carbocycles. The maximum Gasteiger partial charge on any atom is 0.282 e. The molecule has 1 fully saturated rings. The van der Waals surface area contributed by atoms with E-state index in [4.69, 9.17) is 0 Å². The Morgan fingerprint density at radius 2 is 1.81 bits per heavy atom. The van der Waals surface area contributed by atoms with Gasteiger partial charge < -0.3 is 0 Å². The molecular weight excluding hydrogens is 359 g/mol. The molecule has 138 valence electrons. The van der Waals surface area contributed by atoms with Crippen molar-refractivity contribution in [3.63, 3.8) is 0 Å². The molecule has 1 aliphatic rings. The standard InChI is InChI=1S/C17H13FN4O5/c18-10-5-7-11(8-6-10)21-15(23)9-13(17(21)25)19-20-16(24)12-3-1-2-4-14(12)22(26)27/h1-8,13,19H,9H2,(H,20,24)/t13-/m0/s1. The Morgan fingerprint density at radius 3 is 2.48 bits per heavy atom. The highest BCUT2D eigenvalue weighted by Gasteiger charge is 2.39. The number of carbonyl (C=O) groups is 3. The van der Waals surface area contributed by atoms with E-state index in [1.165, 1.54) is 36.4 Å². The number of benzene rings is 2. The summed E-state index contributed by atoms with van der Waals surface area (Å²) in [5, 5.41) is 11.0. The van der Waals surface area contributed by atoms with E-state index in [1.807, 2.05) is 0 Å². The average Bonchev–Trinajstić information content (AvgIpc) is 2.94. The quantitative estimate of drug-likeness (QED) is 0.463. The Bertz CT molecular complexity index is 931. The Labute approximate surface area is 151 Å². The van der Waals surface area contributed by atoms with Crippen molar-refractivity contribution < 1.29 is 23.7 Å². The molecule has 0 unspecified atom stereocenters. The number of nitrogens with one attached hydrogen (secondary N) is 2. The molecule has 3 rings (SSSR count). The number of rotatable bonds is 5. The second-order valence-corrected chi connectivity index (χ2v) is 5.67. The number of hydrazine groups is 1. The second kappa shape index (κ2) is 7.30. The molecule has 0 radical (unpaired) electrons. The topological polar surface area (TPSA) is 122 Å². The van der Waals surface area contributed by atoms with Gasteiger partial charge >= 0.3 is 0 Å². The molecule has 27 heavy (non-hydrogen) atoms. The van der Waals surface area contributed by atoms with E-state index in [9.17, 15) is 28.9 Å². The number of halogens is 1. The molecule has 0 saturated carbocycles. The molecule has 3 amide bonds. The number of nitrogens with zero attached hydrogens (tertiary/aromatic N) is 2. The minimum atomic E-state index is -1.05. The average molecular weight is 372 g/mol. The van der Waals surface area contributed by atoms with Crippen LogP contribution in [0.4, 0.5) is 15.8 Å². The molecule has 0 aromatic heterocycles. The third-order valence-electron chi connectivity index (χ3n) is 3.94. The molecule has 1 saturated heterocycles. The summed E-state index contributed by atoms with van der Waals surface area (Å²) in [6, 6.07) is 9.09. The Morgan fingerprint density at radius 1 is 1.15 bits per heavy atom. The number of amides is 3. The number of para-hydroxylation sites is 1. The largest absolute Gasteiger partial charge is 0.286 e. The highest BCUT2D eigenvalue weighted by atomic mass is 19.1. The summed E-state index contributed by atoms with van der Waals surface area (Å²) in [6.45, 7) is 0. The van der Waals surface area contributed by atoms with E-state index < -0.39 is 40.2 Å². The van der Waals surface area contributed by atoms with Crippen LogP contribution in [0.3, 0.4) is 0 Å². The summed E-state index contributed by atoms with van der Waals surface area (Å²) in [6.07, 6.45) is -0.229. The van der Waals surface area contributed by atoms with Crippen molar-refractivity contribution in [2.24, 2.45) is 0 Å². The van der Waals surface area contributed by atoms with Crippen LogP contribution in [0.15, 0.2) is 48.5 Å². The van der Waals surface area contributed by atoms with Crippen molar-refractivity contribution in [1.82, 2.24) is 10.9 Å². The summed E-state index contributed by atoms with van der Waals surface area (Å²) >= 11 is 0. The molecule has 10 heteroatoms. The van der Waals surface area contributed by atoms with Crippen LogP contribution in [-0.2, 0) is 9.59 Å². The van der Waals surface area contributed by atoms with Gasteiger partial charge in [0.15, 0.2) is 0 Å². The van der Waals surface area contributed by atoms with Crippen molar-refractivity contribution in [1.29, 1.82) is 0 Å². The maximum absolute atomic E-state index is 13.0. The van der Waals surface area contributed by atoms with Crippen LogP contribution in [0, 0.1) is 15.9 Å². The summed E-state index contributed by atoms with van der Waals surface area (Å²) in [5.74, 6) is -2.48. The van der Waals surface area contributed by atoms with Gasteiger partial charge in [0.25, 0.3) is 17.5 Å². The monoisotopic (exact) mass is 372 g/mol. The summed E-state index contributed by atoms with van der Waals surface area (Å²) in [5.41, 5.74) is 4.27. The molecule has 2 N–H and O–H groups in total. The fourth-order valence-electron chi connectivity index (χ4n) is 2.65. The van der Waals surface area contributed by atoms with Crippen LogP contribution < -0.4 is 15.8 Å². The molecule has 1 aliphatic heterocycles. The van der Waals surface area contributed by atoms with Crippen LogP contribution in [0.5, 0.6) is 0 Å². The first-order valence-corrected chi connectivity index (χ1v) is 7.80. The predicted molar refractivity (Wildman–Crippen MR) is 91.0 cm³/mol. The Hall–Kier alpha value is -3.66. The van der Waals surface area contributed by atoms with E-state index in [0.717, 1.165) is 17.0 Å². The number of hydrogen-bond donors (Lipinski definition) is 2. The third kappa shape index (κ3) is 3.65. The molecule has 0 aliphatic carbocycles. The van der Waals surface area contributed by atoms with Gasteiger partial charge in [-0.25, -0.2) is 14.7 Å². The van der Waals surface area contributed by atoms with Gasteiger partial charge in [0, 0.05) is 6.07 Å². The van der Waals surface area contributed by atoms with Gasteiger partial charge in [-0.3, -0.25) is 29.9 Å². The van der Waals surface area contributed by atoms with Gasteiger partial charge in [0.2, 0.25) is 5.91 Å². The van der Waals surface area contributed by atoms with Gasteiger partial charge in [-0.05, 0) is 30.3 Å². The summed E-state index contributed by atoms with van der Waals surface area (Å²) in [7, 11) is 0. The molecule has 9 nitrogen and oxygen atoms in total. The lowest BCUT2D eigenvalue weighted by Crippen LogP contribution is -2.48. The minimum absolute atomic E-state index is 0.192. The number of imide groups is 1. The number of nitro groups is 1. The van der Waals surface area contributed by atoms with E-state index in [-0.39, 0.29) is 17.7 Å². The highest BCUT2D eigenvalue weighted by molar-refractivity contribution is 6.22. The van der Waals surface area contributed by atoms with Gasteiger partial charge in [-0.2, -0.15) is 0 Å². The van der Waals surface area contributed by atoms with Crippen LogP contribution in [-0.4, -0.2) is 28.7 Å². The first kappa shape index (κ1) is 18.1. The van der Waals surface area contributed by atoms with Crippen LogP contribution in [0.1, 0.15) is 16.8 Å². The molecule has 2 aromatic rings. The lowest BCUT2D eigenvalue weighted by molar-refractivity contribution is -0.385. The molecule has 1 heterocycles. The Kier molecular flexibility index (Phi) is 4.90. The second-order valence-electron chi connectivity index (χ2n) is 5.67. The highest BCUT2D eigenvalue weighted by Crippen LogP contribution is 2.23. The van der Waals surface area contributed by atoms with Crippen molar-refractivity contribution in [3.05, 3.63) is 70.0 Å². The summed E-state index contributed by atoms with van der Waals surface area (Å²) in [4.78, 5) is 47.9. The zero-order valence-corrected chi connectivity index (χ0v) is 13.7. The fraction of sp³-hybridized carbons (Fsp3) is 0.118. The first-order valence-electron chi connectivity index (χ1n) is 7.80. The number of anilines is 1. The number of hydrogen-bond acceptors (Lipinski definition) is 6. The molecule has 1 atom stereocenters. The van der Waals surface area contributed by atoms with E-state index in [1.54, 1.807) is 0 Å². The lowest BCUT2D eigenvalue weighted by atomic mass is 10.2. The third-order valence-corrected chi connectivity index (χ3v) is 3.94. The van der Waals surface area contributed by atoms with Crippen LogP contribution >= 0.6 is 0 Å². The van der Waals surface area contributed by atoms with Gasteiger partial charge in [0.1, 0.15) is 17.4 Å². The van der Waals surface area contributed by atoms with Gasteiger partial charge in [-0.1, -0.05) is 12.1 Å². The van der Waals surface area contributed by atoms with E-state index >= 15 is 0 Å². The minimum Gasteiger partial charge on any atom is -0.286 e. The summed E-state index contributed by atoms with van der Waals surface area (Å²) < 4.78 is 13.0. The fourth-order valence-corrected chi connectivity index (χ4v) is 2.65. The van der Waals surface area contributed by atoms with Crippen molar-refractivity contribution in [3.8, 4) is 0 Å². The number of carbonyl (C=O) groups excluding carboxylic acids is 3. The smallest absolute Gasteiger partial charge is 0.282 e. The van der Waals surface area contributed by atoms with Gasteiger partial charge in [-0.15, -0.1) is 0 Å². The van der Waals surface area contributed by atoms with E-state index in [0.29, 0.717) is 0 Å². The van der Waals surface area contributed by atoms with Crippen LogP contribution in [0.2, 0.25) is 0 Å². The SMILES string of the molecule is O=C(NN[C@H]1CC(=O)N(c2ccc(F)cc2)C1=O)c1ccccc1[N+](=O)[O-]. The maximum atomic E-state index is 13.0. The van der Waals surface area contributed by atoms with Crippen molar-refractivity contribution in [2.75, 3.05) is 4.90 Å². The van der Waals surface area contributed by atoms with E-state index in [2.05, 4.69) is 10.9 Å². The zero-order valence-electron chi connectivity index (χ0n) is 13.7. The van der Waals surface area contributed by atoms with Crippen molar-refractivity contribution in [2.45, 2.75) is 12.5 Å². The zero-order chi connectivity index (χ0) is 19.6. The number of nitro benzene ring substituents is 1. The molecular formula is C17H13FN4O5. The van der Waals surface area contributed by atoms with Crippen molar-refractivity contribution >= 4 is 29.1 Å². The van der Waals surface area contributed by atoms with Gasteiger partial charge in [0.05, 0.1) is 17.0 Å². The van der Waals surface area contributed by atoms with Crippen LogP contribution in [0.25, 0.3) is 0 Å². The predicted octanol–water partition coefficient (Wildman–Crippen LogP) is 1.30. The first-order chi connectivity index (χ1) is 12.9. The molecule has 0 bridgehead atoms. The lowest BCUT2D eigenvalue weighted by Gasteiger charge is -2.16. The molecule has 0 spiro atoms. The normalized spacial score (nSPS) is 16.5. The Balaban J connectivity index is 1.70.